The van der Waals surface area contributed by atoms with Crippen LogP contribution in [0.3, 0.4) is 0 Å². The molecule has 2 atom stereocenters. The molecule has 23 heavy (non-hydrogen) atoms. The van der Waals surface area contributed by atoms with Crippen molar-refractivity contribution in [3.63, 3.8) is 0 Å². The maximum atomic E-state index is 12.6. The molecule has 1 amide bonds. The van der Waals surface area contributed by atoms with Gasteiger partial charge in [0.25, 0.3) is 5.91 Å². The number of rotatable bonds is 3. The Labute approximate surface area is 141 Å². The number of hydrogen-bond acceptors (Lipinski definition) is 3. The van der Waals surface area contributed by atoms with Gasteiger partial charge in [0.15, 0.2) is 6.10 Å². The fraction of sp³-hybridized carbons (Fsp3) is 0.316. The highest BCUT2D eigenvalue weighted by atomic mass is 32.2. The van der Waals surface area contributed by atoms with Crippen LogP contribution >= 0.6 is 11.8 Å². The van der Waals surface area contributed by atoms with Gasteiger partial charge in [0.2, 0.25) is 0 Å². The molecule has 0 saturated carbocycles. The van der Waals surface area contributed by atoms with Gasteiger partial charge in [-0.3, -0.25) is 4.79 Å². The molecular formula is C19H21NO2S. The average molecular weight is 327 g/mol. The Hall–Kier alpha value is -1.78. The highest BCUT2D eigenvalue weighted by Crippen LogP contribution is 2.34. The summed E-state index contributed by atoms with van der Waals surface area (Å²) in [5.74, 6) is 0.706. The van der Waals surface area contributed by atoms with E-state index in [1.807, 2.05) is 36.0 Å². The lowest BCUT2D eigenvalue weighted by molar-refractivity contribution is -0.140. The molecule has 2 aromatic rings. The van der Waals surface area contributed by atoms with Crippen LogP contribution in [0.2, 0.25) is 0 Å². The van der Waals surface area contributed by atoms with Crippen LogP contribution in [-0.4, -0.2) is 34.8 Å². The molecule has 3 rings (SSSR count). The number of amides is 1. The monoisotopic (exact) mass is 327 g/mol. The fourth-order valence-corrected chi connectivity index (χ4v) is 4.11. The summed E-state index contributed by atoms with van der Waals surface area (Å²) < 4.78 is 0. The van der Waals surface area contributed by atoms with E-state index in [4.69, 9.17) is 0 Å². The Balaban J connectivity index is 1.65. The third kappa shape index (κ3) is 3.95. The topological polar surface area (TPSA) is 40.5 Å². The lowest BCUT2D eigenvalue weighted by Gasteiger charge is -2.23. The Morgan fingerprint density at radius 2 is 1.70 bits per heavy atom. The van der Waals surface area contributed by atoms with Gasteiger partial charge in [-0.2, -0.15) is 11.8 Å². The van der Waals surface area contributed by atoms with Crippen LogP contribution in [-0.2, 0) is 4.79 Å². The zero-order valence-corrected chi connectivity index (χ0v) is 13.8. The predicted molar refractivity (Wildman–Crippen MR) is 94.2 cm³/mol. The molecule has 1 fully saturated rings. The number of aliphatic hydroxyl groups excluding tert-OH is 1. The normalized spacial score (nSPS) is 19.9. The maximum Gasteiger partial charge on any atom is 0.256 e. The van der Waals surface area contributed by atoms with E-state index in [-0.39, 0.29) is 5.91 Å². The minimum Gasteiger partial charge on any atom is -0.378 e. The SMILES string of the molecule is O=C(C(O)c1ccccc1)N1CCSC(c2ccccc2)CC1. The van der Waals surface area contributed by atoms with Gasteiger partial charge in [-0.25, -0.2) is 0 Å². The van der Waals surface area contributed by atoms with Crippen LogP contribution < -0.4 is 0 Å². The average Bonchev–Trinajstić information content (AvgIpc) is 2.88. The van der Waals surface area contributed by atoms with Gasteiger partial charge in [0.1, 0.15) is 0 Å². The summed E-state index contributed by atoms with van der Waals surface area (Å²) in [5, 5.41) is 10.7. The predicted octanol–water partition coefficient (Wildman–Crippen LogP) is 3.43. The van der Waals surface area contributed by atoms with E-state index in [0.717, 1.165) is 12.2 Å². The second-order valence-corrected chi connectivity index (χ2v) is 7.01. The smallest absolute Gasteiger partial charge is 0.256 e. The van der Waals surface area contributed by atoms with Gasteiger partial charge >= 0.3 is 0 Å². The van der Waals surface area contributed by atoms with Crippen LogP contribution in [0, 0.1) is 0 Å². The van der Waals surface area contributed by atoms with Gasteiger partial charge in [0.05, 0.1) is 0 Å². The van der Waals surface area contributed by atoms with E-state index in [1.165, 1.54) is 5.56 Å². The van der Waals surface area contributed by atoms with Crippen molar-refractivity contribution < 1.29 is 9.90 Å². The van der Waals surface area contributed by atoms with Crippen molar-refractivity contribution in [1.82, 2.24) is 4.90 Å². The molecule has 0 radical (unpaired) electrons. The van der Waals surface area contributed by atoms with Gasteiger partial charge in [-0.1, -0.05) is 60.7 Å². The summed E-state index contributed by atoms with van der Waals surface area (Å²) in [6.45, 7) is 1.38. The number of thioether (sulfide) groups is 1. The van der Waals surface area contributed by atoms with Crippen LogP contribution in [0.25, 0.3) is 0 Å². The first-order valence-electron chi connectivity index (χ1n) is 7.94. The first-order valence-corrected chi connectivity index (χ1v) is 8.99. The Morgan fingerprint density at radius 1 is 1.04 bits per heavy atom. The van der Waals surface area contributed by atoms with Crippen molar-refractivity contribution in [3.05, 3.63) is 71.8 Å². The standard InChI is InChI=1S/C19H21NO2S/c21-18(16-9-5-2-6-10-16)19(22)20-12-11-17(23-14-13-20)15-7-3-1-4-8-15/h1-10,17-18,21H,11-14H2. The zero-order valence-electron chi connectivity index (χ0n) is 13.0. The van der Waals surface area contributed by atoms with Crippen LogP contribution in [0.1, 0.15) is 28.9 Å². The van der Waals surface area contributed by atoms with Crippen molar-refractivity contribution in [2.24, 2.45) is 0 Å². The molecule has 2 aromatic carbocycles. The molecular weight excluding hydrogens is 306 g/mol. The highest BCUT2D eigenvalue weighted by molar-refractivity contribution is 7.99. The summed E-state index contributed by atoms with van der Waals surface area (Å²) >= 11 is 1.89. The summed E-state index contributed by atoms with van der Waals surface area (Å²) in [6.07, 6.45) is -0.142. The van der Waals surface area contributed by atoms with Gasteiger partial charge < -0.3 is 10.0 Å². The Bertz CT molecular complexity index is 632. The lowest BCUT2D eigenvalue weighted by Crippen LogP contribution is -2.36. The number of benzene rings is 2. The van der Waals surface area contributed by atoms with Crippen molar-refractivity contribution in [2.75, 3.05) is 18.8 Å². The van der Waals surface area contributed by atoms with Crippen LogP contribution in [0.5, 0.6) is 0 Å². The van der Waals surface area contributed by atoms with E-state index >= 15 is 0 Å². The second-order valence-electron chi connectivity index (χ2n) is 5.70. The first-order chi connectivity index (χ1) is 11.3. The number of hydrogen-bond donors (Lipinski definition) is 1. The molecule has 0 bridgehead atoms. The molecule has 0 spiro atoms. The van der Waals surface area contributed by atoms with Gasteiger partial charge in [-0.05, 0) is 17.5 Å². The van der Waals surface area contributed by atoms with E-state index in [9.17, 15) is 9.90 Å². The summed E-state index contributed by atoms with van der Waals surface area (Å²) in [7, 11) is 0. The Kier molecular flexibility index (Phi) is 5.36. The molecule has 1 aliphatic rings. The first kappa shape index (κ1) is 16.1. The molecule has 0 aromatic heterocycles. The zero-order chi connectivity index (χ0) is 16.1. The summed E-state index contributed by atoms with van der Waals surface area (Å²) in [6, 6.07) is 19.6. The fourth-order valence-electron chi connectivity index (χ4n) is 2.88. The number of nitrogens with zero attached hydrogens (tertiary/aromatic N) is 1. The molecule has 0 aliphatic carbocycles. The minimum atomic E-state index is -1.06. The lowest BCUT2D eigenvalue weighted by atomic mass is 10.1. The highest BCUT2D eigenvalue weighted by Gasteiger charge is 2.26. The van der Waals surface area contributed by atoms with Crippen molar-refractivity contribution in [1.29, 1.82) is 0 Å². The molecule has 3 nitrogen and oxygen atoms in total. The molecule has 2 unspecified atom stereocenters. The molecule has 4 heteroatoms. The van der Waals surface area contributed by atoms with Crippen LogP contribution in [0.15, 0.2) is 60.7 Å². The van der Waals surface area contributed by atoms with Crippen molar-refractivity contribution in [2.45, 2.75) is 17.8 Å². The second kappa shape index (κ2) is 7.66. The minimum absolute atomic E-state index is 0.189. The van der Waals surface area contributed by atoms with Crippen molar-refractivity contribution in [3.8, 4) is 0 Å². The largest absolute Gasteiger partial charge is 0.378 e. The number of carbonyl (C=O) groups excluding carboxylic acids is 1. The van der Waals surface area contributed by atoms with Gasteiger partial charge in [0, 0.05) is 24.1 Å². The Morgan fingerprint density at radius 3 is 2.39 bits per heavy atom. The maximum absolute atomic E-state index is 12.6. The number of carbonyl (C=O) groups is 1. The summed E-state index contributed by atoms with van der Waals surface area (Å²) in [4.78, 5) is 14.4. The molecule has 1 heterocycles. The van der Waals surface area contributed by atoms with E-state index in [1.54, 1.807) is 17.0 Å². The molecule has 1 N–H and O–H groups in total. The quantitative estimate of drug-likeness (QED) is 0.939. The van der Waals surface area contributed by atoms with E-state index in [2.05, 4.69) is 24.3 Å². The third-order valence-corrected chi connectivity index (χ3v) is 5.50. The van der Waals surface area contributed by atoms with E-state index in [0.29, 0.717) is 23.9 Å². The molecule has 120 valence electrons. The molecule has 1 aliphatic heterocycles. The van der Waals surface area contributed by atoms with Crippen LogP contribution in [0.4, 0.5) is 0 Å². The summed E-state index contributed by atoms with van der Waals surface area (Å²) in [5.41, 5.74) is 1.98. The number of aliphatic hydroxyl groups is 1. The van der Waals surface area contributed by atoms with Gasteiger partial charge in [-0.15, -0.1) is 0 Å². The third-order valence-electron chi connectivity index (χ3n) is 4.17. The molecule has 1 saturated heterocycles. The van der Waals surface area contributed by atoms with E-state index < -0.39 is 6.10 Å². The van der Waals surface area contributed by atoms with Crippen molar-refractivity contribution >= 4 is 17.7 Å².